The van der Waals surface area contributed by atoms with Gasteiger partial charge in [-0.2, -0.15) is 0 Å². The van der Waals surface area contributed by atoms with Gasteiger partial charge in [-0.1, -0.05) is 18.2 Å². The van der Waals surface area contributed by atoms with Crippen LogP contribution in [0, 0.1) is 5.82 Å². The highest BCUT2D eigenvalue weighted by molar-refractivity contribution is 5.85. The maximum Gasteiger partial charge on any atom is 0.164 e. The van der Waals surface area contributed by atoms with E-state index in [1.807, 2.05) is 6.07 Å². The number of likely N-dealkylation sites (tertiary alicyclic amines) is 1. The lowest BCUT2D eigenvalue weighted by atomic mass is 9.76. The predicted molar refractivity (Wildman–Crippen MR) is 110 cm³/mol. The summed E-state index contributed by atoms with van der Waals surface area (Å²) in [6, 6.07) is 11.5. The largest absolute Gasteiger partial charge is 0.486 e. The number of rotatable bonds is 2. The van der Waals surface area contributed by atoms with E-state index in [9.17, 15) is 4.39 Å². The zero-order chi connectivity index (χ0) is 18.4. The number of nitrogens with zero attached hydrogens (tertiary/aromatic N) is 1. The first kappa shape index (κ1) is 19.5. The second kappa shape index (κ2) is 7.57. The van der Waals surface area contributed by atoms with Crippen molar-refractivity contribution in [3.05, 3.63) is 58.9 Å². The molecule has 2 atom stereocenters. The van der Waals surface area contributed by atoms with Crippen molar-refractivity contribution in [2.75, 3.05) is 26.3 Å². The van der Waals surface area contributed by atoms with Crippen LogP contribution >= 0.6 is 12.4 Å². The maximum absolute atomic E-state index is 13.7. The van der Waals surface area contributed by atoms with E-state index in [0.29, 0.717) is 19.1 Å². The zero-order valence-corrected chi connectivity index (χ0v) is 17.1. The molecule has 0 spiro atoms. The molecule has 5 heteroatoms. The Bertz CT molecular complexity index is 874. The molecule has 2 aromatic carbocycles. The lowest BCUT2D eigenvalue weighted by Crippen LogP contribution is -2.45. The summed E-state index contributed by atoms with van der Waals surface area (Å²) in [6.45, 7) is 5.66. The molecule has 28 heavy (non-hydrogen) atoms. The first-order chi connectivity index (χ1) is 13.1. The van der Waals surface area contributed by atoms with Gasteiger partial charge in [-0.25, -0.2) is 4.39 Å². The Morgan fingerprint density at radius 2 is 2.00 bits per heavy atom. The van der Waals surface area contributed by atoms with Crippen molar-refractivity contribution < 1.29 is 13.9 Å². The fraction of sp³-hybridized carbons (Fsp3) is 0.478. The smallest absolute Gasteiger partial charge is 0.164 e. The molecule has 0 N–H and O–H groups in total. The van der Waals surface area contributed by atoms with Gasteiger partial charge >= 0.3 is 0 Å². The van der Waals surface area contributed by atoms with Gasteiger partial charge < -0.3 is 9.47 Å². The molecule has 0 radical (unpaired) electrons. The van der Waals surface area contributed by atoms with E-state index < -0.39 is 0 Å². The van der Waals surface area contributed by atoms with E-state index in [1.54, 1.807) is 6.07 Å². The van der Waals surface area contributed by atoms with Gasteiger partial charge in [0.05, 0.1) is 0 Å². The van der Waals surface area contributed by atoms with Crippen LogP contribution in [0.2, 0.25) is 0 Å². The Labute approximate surface area is 172 Å². The fourth-order valence-electron chi connectivity index (χ4n) is 5.24. The van der Waals surface area contributed by atoms with Gasteiger partial charge in [0.25, 0.3) is 0 Å². The summed E-state index contributed by atoms with van der Waals surface area (Å²) in [4.78, 5) is 2.61. The summed E-state index contributed by atoms with van der Waals surface area (Å²) in [5, 5.41) is 0. The molecular weight excluding hydrogens is 377 g/mol. The minimum Gasteiger partial charge on any atom is -0.486 e. The highest BCUT2D eigenvalue weighted by atomic mass is 35.5. The molecule has 5 rings (SSSR count). The Morgan fingerprint density at radius 1 is 1.14 bits per heavy atom. The topological polar surface area (TPSA) is 21.7 Å². The Kier molecular flexibility index (Phi) is 5.28. The van der Waals surface area contributed by atoms with Crippen LogP contribution in [-0.4, -0.2) is 31.2 Å². The fourth-order valence-corrected chi connectivity index (χ4v) is 5.24. The average Bonchev–Trinajstić information content (AvgIpc) is 3.19. The summed E-state index contributed by atoms with van der Waals surface area (Å²) in [5.41, 5.74) is 3.85. The van der Waals surface area contributed by atoms with Crippen molar-refractivity contribution in [3.63, 3.8) is 0 Å². The van der Waals surface area contributed by atoms with Crippen molar-refractivity contribution in [1.82, 2.24) is 4.90 Å². The lowest BCUT2D eigenvalue weighted by molar-refractivity contribution is 0.108. The molecule has 2 heterocycles. The molecule has 0 aromatic heterocycles. The molecule has 0 bridgehead atoms. The molecule has 1 fully saturated rings. The van der Waals surface area contributed by atoms with Gasteiger partial charge in [-0.05, 0) is 74.4 Å². The molecule has 150 valence electrons. The minimum absolute atomic E-state index is 0. The van der Waals surface area contributed by atoms with E-state index in [-0.39, 0.29) is 23.8 Å². The van der Waals surface area contributed by atoms with Gasteiger partial charge in [-0.3, -0.25) is 4.90 Å². The van der Waals surface area contributed by atoms with E-state index in [0.717, 1.165) is 55.8 Å². The van der Waals surface area contributed by atoms with Gasteiger partial charge in [0.2, 0.25) is 0 Å². The molecule has 3 nitrogen and oxygen atoms in total. The number of benzene rings is 2. The van der Waals surface area contributed by atoms with Crippen LogP contribution < -0.4 is 9.47 Å². The van der Waals surface area contributed by atoms with Gasteiger partial charge in [0, 0.05) is 17.6 Å². The number of halogens is 2. The first-order valence-electron chi connectivity index (χ1n) is 10.1. The van der Waals surface area contributed by atoms with Crippen LogP contribution in [0.1, 0.15) is 48.8 Å². The summed E-state index contributed by atoms with van der Waals surface area (Å²) in [7, 11) is 0. The molecule has 2 aliphatic heterocycles. The van der Waals surface area contributed by atoms with Gasteiger partial charge in [-0.15, -0.1) is 12.4 Å². The van der Waals surface area contributed by atoms with Crippen LogP contribution in [0.3, 0.4) is 0 Å². The van der Waals surface area contributed by atoms with Crippen LogP contribution in [0.4, 0.5) is 4.39 Å². The molecule has 0 amide bonds. The Hall–Kier alpha value is -1.78. The molecule has 2 aromatic rings. The van der Waals surface area contributed by atoms with E-state index in [4.69, 9.17) is 9.47 Å². The molecule has 0 saturated carbocycles. The predicted octanol–water partition coefficient (Wildman–Crippen LogP) is 5.06. The third-order valence-corrected chi connectivity index (χ3v) is 6.69. The maximum atomic E-state index is 13.7. The van der Waals surface area contributed by atoms with Crippen LogP contribution in [-0.2, 0) is 12.0 Å². The summed E-state index contributed by atoms with van der Waals surface area (Å²) < 4.78 is 25.5. The minimum atomic E-state index is -0.135. The normalized spacial score (nSPS) is 26.4. The van der Waals surface area contributed by atoms with Crippen molar-refractivity contribution >= 4 is 12.4 Å². The monoisotopic (exact) mass is 403 g/mol. The Morgan fingerprint density at radius 3 is 2.86 bits per heavy atom. The molecule has 1 saturated heterocycles. The average molecular weight is 404 g/mol. The van der Waals surface area contributed by atoms with E-state index >= 15 is 0 Å². The SMILES string of the molecule is CC1(N2CCC(c3cccc(F)c3)C2)CCCc2c1ccc1c2OCCO1.Cl. The number of hydrogen-bond acceptors (Lipinski definition) is 3. The molecule has 2 unspecified atom stereocenters. The highest BCUT2D eigenvalue weighted by Gasteiger charge is 2.42. The van der Waals surface area contributed by atoms with Gasteiger partial charge in [0.1, 0.15) is 19.0 Å². The van der Waals surface area contributed by atoms with Crippen molar-refractivity contribution in [1.29, 1.82) is 0 Å². The Balaban J connectivity index is 0.00000192. The van der Waals surface area contributed by atoms with E-state index in [2.05, 4.69) is 30.0 Å². The van der Waals surface area contributed by atoms with Crippen molar-refractivity contribution in [3.8, 4) is 11.5 Å². The summed E-state index contributed by atoms with van der Waals surface area (Å²) in [6.07, 6.45) is 4.44. The van der Waals surface area contributed by atoms with Gasteiger partial charge in [0.15, 0.2) is 11.5 Å². The second-order valence-corrected chi connectivity index (χ2v) is 8.23. The number of fused-ring (bicyclic) bond motifs is 3. The second-order valence-electron chi connectivity index (χ2n) is 8.23. The third-order valence-electron chi connectivity index (χ3n) is 6.69. The quantitative estimate of drug-likeness (QED) is 0.699. The highest BCUT2D eigenvalue weighted by Crippen LogP contribution is 2.48. The summed E-state index contributed by atoms with van der Waals surface area (Å²) >= 11 is 0. The van der Waals surface area contributed by atoms with E-state index in [1.165, 1.54) is 17.2 Å². The van der Waals surface area contributed by atoms with Crippen LogP contribution in [0.25, 0.3) is 0 Å². The first-order valence-corrected chi connectivity index (χ1v) is 10.1. The van der Waals surface area contributed by atoms with Crippen LogP contribution in [0.15, 0.2) is 36.4 Å². The lowest BCUT2D eigenvalue weighted by Gasteiger charge is -2.44. The van der Waals surface area contributed by atoms with Crippen LogP contribution in [0.5, 0.6) is 11.5 Å². The molecule has 1 aliphatic carbocycles. The van der Waals surface area contributed by atoms with Crippen molar-refractivity contribution in [2.45, 2.75) is 44.1 Å². The number of hydrogen-bond donors (Lipinski definition) is 0. The summed E-state index contributed by atoms with van der Waals surface area (Å²) in [5.74, 6) is 2.12. The molecular formula is C23H27ClFNO2. The zero-order valence-electron chi connectivity index (χ0n) is 16.2. The van der Waals surface area contributed by atoms with Crippen molar-refractivity contribution in [2.24, 2.45) is 0 Å². The molecule has 3 aliphatic rings. The number of ether oxygens (including phenoxy) is 2. The standard InChI is InChI=1S/C23H26FNO2.ClH/c1-23(25-11-9-17(15-25)16-4-2-5-18(24)14-16)10-3-6-19-20(23)7-8-21-22(19)27-13-12-26-21;/h2,4-5,7-8,14,17H,3,6,9-13,15H2,1H3;1H. The third kappa shape index (κ3) is 3.17.